The summed E-state index contributed by atoms with van der Waals surface area (Å²) in [4.78, 5) is 21.2. The highest BCUT2D eigenvalue weighted by Gasteiger charge is 2.03. The van der Waals surface area contributed by atoms with Gasteiger partial charge in [-0.25, -0.2) is 0 Å². The van der Waals surface area contributed by atoms with Crippen LogP contribution in [0.5, 0.6) is 0 Å². The molecule has 0 saturated carbocycles. The quantitative estimate of drug-likeness (QED) is 0.669. The standard InChI is InChI=1S/C9H17NO3S/c1-7(2)3-4-10-8(11)5-14-6-9(12)13/h7H,3-6H2,1-2H3,(H,10,11)(H,12,13). The van der Waals surface area contributed by atoms with Crippen LogP contribution in [0.2, 0.25) is 0 Å². The Balaban J connectivity index is 3.33. The summed E-state index contributed by atoms with van der Waals surface area (Å²) in [5.74, 6) is -0.189. The summed E-state index contributed by atoms with van der Waals surface area (Å²) >= 11 is 1.12. The number of carboxylic acids is 1. The second-order valence-corrected chi connectivity index (χ2v) is 4.40. The Bertz CT molecular complexity index is 194. The van der Waals surface area contributed by atoms with Crippen LogP contribution in [-0.4, -0.2) is 35.0 Å². The van der Waals surface area contributed by atoms with Crippen molar-refractivity contribution in [1.82, 2.24) is 5.32 Å². The number of carboxylic acid groups (broad SMARTS) is 1. The van der Waals surface area contributed by atoms with E-state index in [4.69, 9.17) is 5.11 Å². The fraction of sp³-hybridized carbons (Fsp3) is 0.778. The maximum Gasteiger partial charge on any atom is 0.313 e. The Morgan fingerprint density at radius 3 is 2.50 bits per heavy atom. The molecule has 0 aromatic rings. The van der Waals surface area contributed by atoms with Crippen LogP contribution in [0.3, 0.4) is 0 Å². The maximum atomic E-state index is 11.1. The van der Waals surface area contributed by atoms with E-state index in [1.54, 1.807) is 0 Å². The van der Waals surface area contributed by atoms with E-state index >= 15 is 0 Å². The first-order valence-electron chi connectivity index (χ1n) is 4.58. The third-order valence-electron chi connectivity index (χ3n) is 1.50. The van der Waals surface area contributed by atoms with E-state index in [9.17, 15) is 9.59 Å². The van der Waals surface area contributed by atoms with Crippen LogP contribution in [0.4, 0.5) is 0 Å². The van der Waals surface area contributed by atoms with Crippen LogP contribution in [0, 0.1) is 5.92 Å². The maximum absolute atomic E-state index is 11.1. The molecule has 0 aliphatic rings. The Hall–Kier alpha value is -0.710. The van der Waals surface area contributed by atoms with Crippen molar-refractivity contribution in [1.29, 1.82) is 0 Å². The lowest BCUT2D eigenvalue weighted by atomic mass is 10.1. The number of nitrogens with one attached hydrogen (secondary N) is 1. The molecule has 82 valence electrons. The van der Waals surface area contributed by atoms with Gasteiger partial charge in [-0.1, -0.05) is 13.8 Å². The van der Waals surface area contributed by atoms with Crippen molar-refractivity contribution in [3.8, 4) is 0 Å². The SMILES string of the molecule is CC(C)CCNC(=O)CSCC(=O)O. The first kappa shape index (κ1) is 13.3. The predicted octanol–water partition coefficient (Wildman–Crippen LogP) is 0.967. The number of aliphatic carboxylic acids is 1. The van der Waals surface area contributed by atoms with Gasteiger partial charge in [0.15, 0.2) is 0 Å². The van der Waals surface area contributed by atoms with Gasteiger partial charge in [0, 0.05) is 6.54 Å². The molecule has 4 nitrogen and oxygen atoms in total. The molecule has 0 aliphatic heterocycles. The summed E-state index contributed by atoms with van der Waals surface area (Å²) in [6.07, 6.45) is 0.954. The molecule has 5 heteroatoms. The first-order valence-corrected chi connectivity index (χ1v) is 5.74. The third-order valence-corrected chi connectivity index (χ3v) is 2.42. The van der Waals surface area contributed by atoms with Crippen LogP contribution in [0.25, 0.3) is 0 Å². The smallest absolute Gasteiger partial charge is 0.313 e. The second kappa shape index (κ2) is 7.67. The summed E-state index contributed by atoms with van der Waals surface area (Å²) in [5, 5.41) is 11.1. The molecule has 0 bridgehead atoms. The van der Waals surface area contributed by atoms with E-state index in [0.29, 0.717) is 12.5 Å². The zero-order valence-electron chi connectivity index (χ0n) is 8.58. The van der Waals surface area contributed by atoms with Crippen molar-refractivity contribution >= 4 is 23.6 Å². The van der Waals surface area contributed by atoms with Gasteiger partial charge < -0.3 is 10.4 Å². The number of hydrogen-bond donors (Lipinski definition) is 2. The lowest BCUT2D eigenvalue weighted by Gasteiger charge is -2.06. The molecule has 0 saturated heterocycles. The molecule has 0 spiro atoms. The fourth-order valence-corrected chi connectivity index (χ4v) is 1.35. The molecule has 1 amide bonds. The Morgan fingerprint density at radius 2 is 2.00 bits per heavy atom. The first-order chi connectivity index (χ1) is 6.52. The molecule has 14 heavy (non-hydrogen) atoms. The van der Waals surface area contributed by atoms with E-state index in [0.717, 1.165) is 18.2 Å². The summed E-state index contributed by atoms with van der Waals surface area (Å²) in [6, 6.07) is 0. The highest BCUT2D eigenvalue weighted by molar-refractivity contribution is 8.00. The Morgan fingerprint density at radius 1 is 1.36 bits per heavy atom. The van der Waals surface area contributed by atoms with Crippen molar-refractivity contribution in [2.45, 2.75) is 20.3 Å². The molecule has 0 heterocycles. The molecule has 0 aromatic carbocycles. The molecule has 0 aliphatic carbocycles. The second-order valence-electron chi connectivity index (χ2n) is 3.42. The molecule has 0 atom stereocenters. The van der Waals surface area contributed by atoms with Gasteiger partial charge in [-0.2, -0.15) is 0 Å². The minimum absolute atomic E-state index is 0.0163. The highest BCUT2D eigenvalue weighted by Crippen LogP contribution is 1.99. The molecular weight excluding hydrogens is 202 g/mol. The van der Waals surface area contributed by atoms with Gasteiger partial charge in [0.25, 0.3) is 0 Å². The average molecular weight is 219 g/mol. The van der Waals surface area contributed by atoms with E-state index < -0.39 is 5.97 Å². The summed E-state index contributed by atoms with van der Waals surface area (Å²) < 4.78 is 0. The van der Waals surface area contributed by atoms with Crippen molar-refractivity contribution < 1.29 is 14.7 Å². The van der Waals surface area contributed by atoms with Crippen molar-refractivity contribution in [3.05, 3.63) is 0 Å². The van der Waals surface area contributed by atoms with Crippen molar-refractivity contribution in [2.24, 2.45) is 5.92 Å². The molecular formula is C9H17NO3S. The number of rotatable bonds is 7. The Labute approximate surface area is 88.4 Å². The molecule has 0 radical (unpaired) electrons. The third kappa shape index (κ3) is 9.38. The molecule has 0 fully saturated rings. The van der Waals surface area contributed by atoms with Gasteiger partial charge in [-0.05, 0) is 12.3 Å². The van der Waals surface area contributed by atoms with E-state index in [1.165, 1.54) is 0 Å². The number of hydrogen-bond acceptors (Lipinski definition) is 3. The fourth-order valence-electron chi connectivity index (χ4n) is 0.782. The number of carbonyl (C=O) groups is 2. The summed E-state index contributed by atoms with van der Waals surface area (Å²) in [5.41, 5.74) is 0. The van der Waals surface area contributed by atoms with Crippen LogP contribution >= 0.6 is 11.8 Å². The van der Waals surface area contributed by atoms with E-state index in [2.05, 4.69) is 19.2 Å². The van der Waals surface area contributed by atoms with E-state index in [-0.39, 0.29) is 17.4 Å². The lowest BCUT2D eigenvalue weighted by molar-refractivity contribution is -0.133. The van der Waals surface area contributed by atoms with Crippen LogP contribution in [0.15, 0.2) is 0 Å². The monoisotopic (exact) mass is 219 g/mol. The minimum atomic E-state index is -0.884. The molecule has 2 N–H and O–H groups in total. The van der Waals surface area contributed by atoms with Crippen LogP contribution < -0.4 is 5.32 Å². The Kier molecular flexibility index (Phi) is 7.28. The zero-order valence-corrected chi connectivity index (χ0v) is 9.39. The molecule has 0 aromatic heterocycles. The van der Waals surface area contributed by atoms with Gasteiger partial charge in [0.1, 0.15) is 0 Å². The topological polar surface area (TPSA) is 66.4 Å². The normalized spacial score (nSPS) is 10.2. The van der Waals surface area contributed by atoms with Gasteiger partial charge in [-0.15, -0.1) is 11.8 Å². The molecule has 0 rings (SSSR count). The van der Waals surface area contributed by atoms with Gasteiger partial charge >= 0.3 is 5.97 Å². The van der Waals surface area contributed by atoms with Crippen molar-refractivity contribution in [2.75, 3.05) is 18.1 Å². The van der Waals surface area contributed by atoms with Gasteiger partial charge in [-0.3, -0.25) is 9.59 Å². The van der Waals surface area contributed by atoms with E-state index in [1.807, 2.05) is 0 Å². The summed E-state index contributed by atoms with van der Waals surface area (Å²) in [6.45, 7) is 4.85. The van der Waals surface area contributed by atoms with Crippen LogP contribution in [0.1, 0.15) is 20.3 Å². The van der Waals surface area contributed by atoms with Crippen LogP contribution in [-0.2, 0) is 9.59 Å². The largest absolute Gasteiger partial charge is 0.481 e. The minimum Gasteiger partial charge on any atom is -0.481 e. The zero-order chi connectivity index (χ0) is 11.0. The summed E-state index contributed by atoms with van der Waals surface area (Å²) in [7, 11) is 0. The average Bonchev–Trinajstić information content (AvgIpc) is 2.02. The molecule has 0 unspecified atom stereocenters. The van der Waals surface area contributed by atoms with Crippen molar-refractivity contribution in [3.63, 3.8) is 0 Å². The number of amides is 1. The lowest BCUT2D eigenvalue weighted by Crippen LogP contribution is -2.27. The number of thioether (sulfide) groups is 1. The predicted molar refractivity (Wildman–Crippen MR) is 57.4 cm³/mol. The van der Waals surface area contributed by atoms with Gasteiger partial charge in [0.2, 0.25) is 5.91 Å². The number of carbonyl (C=O) groups excluding carboxylic acids is 1. The highest BCUT2D eigenvalue weighted by atomic mass is 32.2. The van der Waals surface area contributed by atoms with Gasteiger partial charge in [0.05, 0.1) is 11.5 Å².